The molecule has 15 aromatic rings. The van der Waals surface area contributed by atoms with E-state index in [1.165, 1.54) is 43.6 Å². The van der Waals surface area contributed by atoms with Crippen molar-refractivity contribution in [3.63, 3.8) is 0 Å². The van der Waals surface area contributed by atoms with Gasteiger partial charge >= 0.3 is 0 Å². The summed E-state index contributed by atoms with van der Waals surface area (Å²) in [6.45, 7) is 0. The van der Waals surface area contributed by atoms with Crippen LogP contribution >= 0.6 is 0 Å². The Morgan fingerprint density at radius 3 is 1.28 bits per heavy atom. The van der Waals surface area contributed by atoms with Crippen LogP contribution < -0.4 is 0 Å². The van der Waals surface area contributed by atoms with Crippen LogP contribution in [0.2, 0.25) is 0 Å². The minimum atomic E-state index is 0.848. The van der Waals surface area contributed by atoms with Crippen molar-refractivity contribution in [1.82, 2.24) is 23.3 Å². The average Bonchev–Trinajstić information content (AvgIpc) is 4.17. The van der Waals surface area contributed by atoms with Gasteiger partial charge in [0.05, 0.1) is 54.9 Å². The first kappa shape index (κ1) is 34.7. The third-order valence-corrected chi connectivity index (χ3v) is 13.8. The highest BCUT2D eigenvalue weighted by molar-refractivity contribution is 6.28. The molecule has 0 N–H and O–H groups in total. The summed E-state index contributed by atoms with van der Waals surface area (Å²) in [5, 5.41) is 10.3. The number of pyridine rings is 1. The molecule has 6 heterocycles. The number of para-hydroxylation sites is 5. The number of fused-ring (bicyclic) bond motifs is 17. The summed E-state index contributed by atoms with van der Waals surface area (Å²) in [5.74, 6) is 0. The van der Waals surface area contributed by atoms with Crippen LogP contribution in [0.4, 0.5) is 0 Å². The van der Waals surface area contributed by atoms with Crippen molar-refractivity contribution in [1.29, 1.82) is 0 Å². The Hall–Kier alpha value is -8.87. The van der Waals surface area contributed by atoms with Gasteiger partial charge in [-0.3, -0.25) is 4.98 Å². The highest BCUT2D eigenvalue weighted by Gasteiger charge is 2.24. The molecule has 6 nitrogen and oxygen atoms in total. The predicted molar refractivity (Wildman–Crippen MR) is 269 cm³/mol. The van der Waals surface area contributed by atoms with Crippen molar-refractivity contribution in [2.45, 2.75) is 0 Å². The molecule has 0 saturated heterocycles. The van der Waals surface area contributed by atoms with Crippen molar-refractivity contribution in [2.24, 2.45) is 0 Å². The molecule has 302 valence electrons. The maximum absolute atomic E-state index is 7.28. The molecule has 6 heteroatoms. The minimum absolute atomic E-state index is 0.848. The molecule has 0 atom stereocenters. The zero-order chi connectivity index (χ0) is 42.3. The van der Waals surface area contributed by atoms with Gasteiger partial charge in [-0.1, -0.05) is 91.0 Å². The Balaban J connectivity index is 0.967. The lowest BCUT2D eigenvalue weighted by Gasteiger charge is -2.10. The highest BCUT2D eigenvalue weighted by Crippen LogP contribution is 2.45. The number of nitrogens with zero attached hydrogens (tertiary/aromatic N) is 5. The zero-order valence-electron chi connectivity index (χ0n) is 34.9. The lowest BCUT2D eigenvalue weighted by molar-refractivity contribution is 0.677. The second-order valence-corrected chi connectivity index (χ2v) is 17.1. The Kier molecular flexibility index (Phi) is 6.86. The molecule has 0 spiro atoms. The van der Waals surface area contributed by atoms with Gasteiger partial charge in [-0.15, -0.1) is 0 Å². The van der Waals surface area contributed by atoms with Crippen LogP contribution in [0.5, 0.6) is 0 Å². The molecule has 0 fully saturated rings. The zero-order valence-corrected chi connectivity index (χ0v) is 34.9. The first-order valence-corrected chi connectivity index (χ1v) is 22.1. The second-order valence-electron chi connectivity index (χ2n) is 17.1. The van der Waals surface area contributed by atoms with E-state index in [0.29, 0.717) is 0 Å². The fourth-order valence-electron chi connectivity index (χ4n) is 11.1. The van der Waals surface area contributed by atoms with E-state index in [-0.39, 0.29) is 0 Å². The summed E-state index contributed by atoms with van der Waals surface area (Å²) >= 11 is 0. The molecule has 0 aliphatic rings. The standard InChI is InChI=1S/C59H35N5O/c1-3-14-36(15-4-1)61-47-21-10-7-18-40(47)45-34-38(25-29-50(45)61)63-49-23-12-9-20-44(49)55-52(63)31-27-42-43-28-32-53-56(59(43)65-58(42)55)57-54(24-13-33-60-57)64(53)39-26-30-51-46(35-39)41-19-8-11-22-48(41)62(51)37-16-5-2-6-17-37/h1-35H. The molecule has 0 unspecified atom stereocenters. The van der Waals surface area contributed by atoms with E-state index >= 15 is 0 Å². The maximum atomic E-state index is 7.28. The fourth-order valence-corrected chi connectivity index (χ4v) is 11.1. The van der Waals surface area contributed by atoms with Crippen LogP contribution in [0.25, 0.3) is 132 Å². The molecule has 0 aliphatic carbocycles. The molecule has 0 aliphatic heterocycles. The number of furan rings is 1. The van der Waals surface area contributed by atoms with Gasteiger partial charge < -0.3 is 22.7 Å². The van der Waals surface area contributed by atoms with E-state index in [9.17, 15) is 0 Å². The van der Waals surface area contributed by atoms with E-state index in [1.54, 1.807) is 0 Å². The van der Waals surface area contributed by atoms with Crippen LogP contribution in [0.3, 0.4) is 0 Å². The van der Waals surface area contributed by atoms with Crippen LogP contribution in [-0.4, -0.2) is 23.3 Å². The smallest absolute Gasteiger partial charge is 0.147 e. The Labute approximate surface area is 370 Å². The Morgan fingerprint density at radius 2 is 0.692 bits per heavy atom. The van der Waals surface area contributed by atoms with Crippen molar-refractivity contribution in [2.75, 3.05) is 0 Å². The molecule has 65 heavy (non-hydrogen) atoms. The maximum Gasteiger partial charge on any atom is 0.147 e. The third-order valence-electron chi connectivity index (χ3n) is 13.8. The van der Waals surface area contributed by atoms with Gasteiger partial charge in [0.15, 0.2) is 0 Å². The number of hydrogen-bond donors (Lipinski definition) is 0. The lowest BCUT2D eigenvalue weighted by Crippen LogP contribution is -1.95. The summed E-state index contributed by atoms with van der Waals surface area (Å²) < 4.78 is 16.8. The normalized spacial score (nSPS) is 12.3. The Bertz CT molecular complexity index is 4180. The highest BCUT2D eigenvalue weighted by atomic mass is 16.3. The van der Waals surface area contributed by atoms with E-state index in [0.717, 1.165) is 88.4 Å². The quantitative estimate of drug-likeness (QED) is 0.177. The van der Waals surface area contributed by atoms with Gasteiger partial charge in [-0.05, 0) is 115 Å². The molecule has 6 aromatic heterocycles. The molecule has 0 radical (unpaired) electrons. The van der Waals surface area contributed by atoms with Crippen LogP contribution in [0, 0.1) is 0 Å². The fraction of sp³-hybridized carbons (Fsp3) is 0. The molecular weight excluding hydrogens is 795 g/mol. The van der Waals surface area contributed by atoms with Crippen molar-refractivity contribution in [3.8, 4) is 22.7 Å². The molecule has 0 amide bonds. The molecule has 0 bridgehead atoms. The average molecular weight is 830 g/mol. The van der Waals surface area contributed by atoms with E-state index in [4.69, 9.17) is 9.40 Å². The van der Waals surface area contributed by atoms with Crippen LogP contribution in [0.15, 0.2) is 217 Å². The van der Waals surface area contributed by atoms with Gasteiger partial charge in [0, 0.05) is 66.6 Å². The topological polar surface area (TPSA) is 45.8 Å². The van der Waals surface area contributed by atoms with Crippen LogP contribution in [-0.2, 0) is 0 Å². The largest absolute Gasteiger partial charge is 0.455 e. The number of rotatable bonds is 4. The van der Waals surface area contributed by atoms with Crippen molar-refractivity contribution >= 4 is 109 Å². The van der Waals surface area contributed by atoms with Crippen molar-refractivity contribution in [3.05, 3.63) is 212 Å². The molecule has 9 aromatic carbocycles. The van der Waals surface area contributed by atoms with Gasteiger partial charge in [-0.2, -0.15) is 0 Å². The summed E-state index contributed by atoms with van der Waals surface area (Å²) in [5.41, 5.74) is 16.2. The van der Waals surface area contributed by atoms with E-state index < -0.39 is 0 Å². The predicted octanol–water partition coefficient (Wildman–Crippen LogP) is 15.4. The van der Waals surface area contributed by atoms with Gasteiger partial charge in [0.1, 0.15) is 16.7 Å². The molecular formula is C59H35N5O. The monoisotopic (exact) mass is 829 g/mol. The number of benzene rings is 9. The number of hydrogen-bond acceptors (Lipinski definition) is 2. The first-order chi connectivity index (χ1) is 32.3. The van der Waals surface area contributed by atoms with E-state index in [2.05, 4.69) is 218 Å². The van der Waals surface area contributed by atoms with Gasteiger partial charge in [-0.25, -0.2) is 0 Å². The Morgan fingerprint density at radius 1 is 0.277 bits per heavy atom. The summed E-state index contributed by atoms with van der Waals surface area (Å²) in [6, 6.07) is 74.3. The van der Waals surface area contributed by atoms with Crippen LogP contribution in [0.1, 0.15) is 0 Å². The SMILES string of the molecule is c1ccc(-n2c3ccccc3c3cc(-n4c5ccccc5c5c6oc7c(ccc8c7c7ncccc7n8-c7ccc8c(c7)c7ccccc7n8-c7ccccc7)c6ccc54)ccc32)cc1. The minimum Gasteiger partial charge on any atom is -0.455 e. The summed E-state index contributed by atoms with van der Waals surface area (Å²) in [6.07, 6.45) is 1.89. The van der Waals surface area contributed by atoms with Crippen molar-refractivity contribution < 1.29 is 4.42 Å². The first-order valence-electron chi connectivity index (χ1n) is 22.1. The number of aromatic nitrogens is 5. The summed E-state index contributed by atoms with van der Waals surface area (Å²) in [7, 11) is 0. The lowest BCUT2D eigenvalue weighted by atomic mass is 10.1. The van der Waals surface area contributed by atoms with Gasteiger partial charge in [0.25, 0.3) is 0 Å². The third kappa shape index (κ3) is 4.64. The van der Waals surface area contributed by atoms with E-state index in [1.807, 2.05) is 12.3 Å². The molecule has 15 rings (SSSR count). The molecule has 0 saturated carbocycles. The van der Waals surface area contributed by atoms with Gasteiger partial charge in [0.2, 0.25) is 0 Å². The summed E-state index contributed by atoms with van der Waals surface area (Å²) in [4.78, 5) is 5.06. The second kappa shape index (κ2) is 12.8.